The monoisotopic (exact) mass is 399 g/mol. The number of benzene rings is 1. The number of hydrogen-bond acceptors (Lipinski definition) is 5. The van der Waals surface area contributed by atoms with E-state index in [1.165, 1.54) is 24.4 Å². The summed E-state index contributed by atoms with van der Waals surface area (Å²) in [6.45, 7) is 0. The highest BCUT2D eigenvalue weighted by Crippen LogP contribution is 2.34. The molecule has 8 heteroatoms. The SMILES string of the molecule is COC(=O)C1=C(C(=O)OC)N(c2cc(F)cc(F)c2Br)C=CC=C1. The Balaban J connectivity index is 2.75. The summed E-state index contributed by atoms with van der Waals surface area (Å²) in [7, 11) is 2.28. The lowest BCUT2D eigenvalue weighted by atomic mass is 10.1. The second-order valence-corrected chi connectivity index (χ2v) is 5.33. The predicted octanol–water partition coefficient (Wildman–Crippen LogP) is 3.22. The number of hydrogen-bond donors (Lipinski definition) is 0. The number of anilines is 1. The van der Waals surface area contributed by atoms with Gasteiger partial charge in [0.05, 0.1) is 30.0 Å². The molecule has 24 heavy (non-hydrogen) atoms. The Bertz CT molecular complexity index is 787. The molecule has 5 nitrogen and oxygen atoms in total. The molecule has 0 atom stereocenters. The zero-order chi connectivity index (χ0) is 17.9. The molecular weight excluding hydrogens is 388 g/mol. The van der Waals surface area contributed by atoms with Crippen LogP contribution in [-0.2, 0) is 19.1 Å². The van der Waals surface area contributed by atoms with E-state index in [0.29, 0.717) is 6.07 Å². The first-order chi connectivity index (χ1) is 11.4. The molecule has 0 saturated carbocycles. The zero-order valence-corrected chi connectivity index (χ0v) is 14.3. The lowest BCUT2D eigenvalue weighted by Gasteiger charge is -2.24. The van der Waals surface area contributed by atoms with Crippen LogP contribution in [0.3, 0.4) is 0 Å². The maximum absolute atomic E-state index is 13.9. The second-order valence-electron chi connectivity index (χ2n) is 4.54. The Morgan fingerprint density at radius 2 is 1.75 bits per heavy atom. The standard InChI is InChI=1S/C16H12BrF2NO4/c1-23-15(21)10-5-3-4-6-20(14(10)16(22)24-2)12-8-9(18)7-11(19)13(12)17/h3-8H,1-2H3. The molecule has 0 bridgehead atoms. The lowest BCUT2D eigenvalue weighted by molar-refractivity contribution is -0.139. The van der Waals surface area contributed by atoms with Crippen LogP contribution in [-0.4, -0.2) is 26.2 Å². The molecule has 0 spiro atoms. The molecule has 0 unspecified atom stereocenters. The second kappa shape index (κ2) is 7.39. The third-order valence-electron chi connectivity index (χ3n) is 3.12. The first-order valence-corrected chi connectivity index (χ1v) is 7.39. The van der Waals surface area contributed by atoms with Gasteiger partial charge < -0.3 is 14.4 Å². The van der Waals surface area contributed by atoms with Gasteiger partial charge in [0.1, 0.15) is 17.3 Å². The number of nitrogens with zero attached hydrogens (tertiary/aromatic N) is 1. The number of allylic oxidation sites excluding steroid dienone is 2. The molecule has 0 aliphatic carbocycles. The first-order valence-electron chi connectivity index (χ1n) is 6.60. The van der Waals surface area contributed by atoms with Crippen LogP contribution < -0.4 is 4.90 Å². The van der Waals surface area contributed by atoms with E-state index in [2.05, 4.69) is 20.7 Å². The minimum atomic E-state index is -0.872. The van der Waals surface area contributed by atoms with Gasteiger partial charge in [0.25, 0.3) is 0 Å². The molecule has 0 radical (unpaired) electrons. The fraction of sp³-hybridized carbons (Fsp3) is 0.125. The van der Waals surface area contributed by atoms with Gasteiger partial charge in [0, 0.05) is 12.3 Å². The van der Waals surface area contributed by atoms with Crippen molar-refractivity contribution in [1.29, 1.82) is 0 Å². The van der Waals surface area contributed by atoms with Gasteiger partial charge in [0.15, 0.2) is 0 Å². The lowest BCUT2D eigenvalue weighted by Crippen LogP contribution is -2.27. The van der Waals surface area contributed by atoms with Gasteiger partial charge in [-0.3, -0.25) is 0 Å². The van der Waals surface area contributed by atoms with E-state index in [1.54, 1.807) is 0 Å². The number of halogens is 3. The van der Waals surface area contributed by atoms with Crippen molar-refractivity contribution in [3.05, 3.63) is 63.9 Å². The van der Waals surface area contributed by atoms with E-state index >= 15 is 0 Å². The summed E-state index contributed by atoms with van der Waals surface area (Å²) in [6, 6.07) is 1.71. The first kappa shape index (κ1) is 17.9. The third-order valence-corrected chi connectivity index (χ3v) is 3.91. The summed E-state index contributed by atoms with van der Waals surface area (Å²) in [6.07, 6.45) is 5.70. The maximum Gasteiger partial charge on any atom is 0.355 e. The Morgan fingerprint density at radius 1 is 1.08 bits per heavy atom. The summed E-state index contributed by atoms with van der Waals surface area (Å²) in [5, 5.41) is 0. The molecule has 0 N–H and O–H groups in total. The van der Waals surface area contributed by atoms with Crippen LogP contribution >= 0.6 is 15.9 Å². The number of ether oxygens (including phenoxy) is 2. The molecule has 1 heterocycles. The summed E-state index contributed by atoms with van der Waals surface area (Å²) < 4.78 is 36.8. The average molecular weight is 400 g/mol. The minimum Gasteiger partial charge on any atom is -0.465 e. The molecule has 1 aliphatic heterocycles. The van der Waals surface area contributed by atoms with Gasteiger partial charge >= 0.3 is 11.9 Å². The Labute approximate surface area is 145 Å². The van der Waals surface area contributed by atoms with Crippen molar-refractivity contribution in [1.82, 2.24) is 0 Å². The highest BCUT2D eigenvalue weighted by atomic mass is 79.9. The molecule has 1 aromatic rings. The fourth-order valence-corrected chi connectivity index (χ4v) is 2.49. The van der Waals surface area contributed by atoms with Crippen molar-refractivity contribution < 1.29 is 27.8 Å². The number of esters is 2. The number of rotatable bonds is 3. The molecule has 1 aromatic carbocycles. The van der Waals surface area contributed by atoms with Crippen LogP contribution in [0.1, 0.15) is 0 Å². The van der Waals surface area contributed by atoms with Gasteiger partial charge in [-0.05, 0) is 34.1 Å². The average Bonchev–Trinajstić information content (AvgIpc) is 2.79. The van der Waals surface area contributed by atoms with Gasteiger partial charge in [-0.15, -0.1) is 0 Å². The van der Waals surface area contributed by atoms with Crippen LogP contribution in [0.4, 0.5) is 14.5 Å². The van der Waals surface area contributed by atoms with Gasteiger partial charge in [-0.25, -0.2) is 18.4 Å². The number of methoxy groups -OCH3 is 2. The summed E-state index contributed by atoms with van der Waals surface area (Å²) in [5.74, 6) is -3.38. The number of carbonyl (C=O) groups excluding carboxylic acids is 2. The Kier molecular flexibility index (Phi) is 5.50. The van der Waals surface area contributed by atoms with E-state index in [4.69, 9.17) is 4.74 Å². The van der Waals surface area contributed by atoms with Crippen molar-refractivity contribution >= 4 is 33.6 Å². The van der Waals surface area contributed by atoms with Crippen molar-refractivity contribution in [3.63, 3.8) is 0 Å². The number of carbonyl (C=O) groups is 2. The van der Waals surface area contributed by atoms with E-state index in [9.17, 15) is 18.4 Å². The molecule has 0 fully saturated rings. The van der Waals surface area contributed by atoms with E-state index in [1.807, 2.05) is 0 Å². The molecule has 126 valence electrons. The van der Waals surface area contributed by atoms with Gasteiger partial charge in [-0.1, -0.05) is 6.08 Å². The highest BCUT2D eigenvalue weighted by Gasteiger charge is 2.29. The largest absolute Gasteiger partial charge is 0.465 e. The van der Waals surface area contributed by atoms with Crippen molar-refractivity contribution in [2.45, 2.75) is 0 Å². The highest BCUT2D eigenvalue weighted by molar-refractivity contribution is 9.10. The van der Waals surface area contributed by atoms with Crippen LogP contribution in [0.2, 0.25) is 0 Å². The van der Waals surface area contributed by atoms with Crippen LogP contribution in [0.15, 0.2) is 52.3 Å². The molecule has 0 amide bonds. The normalized spacial score (nSPS) is 13.8. The molecule has 1 aliphatic rings. The van der Waals surface area contributed by atoms with E-state index in [-0.39, 0.29) is 21.4 Å². The van der Waals surface area contributed by atoms with Crippen LogP contribution in [0, 0.1) is 11.6 Å². The molecular formula is C16H12BrF2NO4. The molecule has 2 rings (SSSR count). The Hall–Kier alpha value is -2.48. The summed E-state index contributed by atoms with van der Waals surface area (Å²) in [4.78, 5) is 25.4. The van der Waals surface area contributed by atoms with Crippen molar-refractivity contribution in [2.24, 2.45) is 0 Å². The quantitative estimate of drug-likeness (QED) is 0.576. The van der Waals surface area contributed by atoms with E-state index < -0.39 is 23.6 Å². The summed E-state index contributed by atoms with van der Waals surface area (Å²) in [5.41, 5.74) is -0.375. The maximum atomic E-state index is 13.9. The van der Waals surface area contributed by atoms with Gasteiger partial charge in [-0.2, -0.15) is 0 Å². The van der Waals surface area contributed by atoms with Crippen LogP contribution in [0.5, 0.6) is 0 Å². The van der Waals surface area contributed by atoms with Crippen molar-refractivity contribution in [2.75, 3.05) is 19.1 Å². The zero-order valence-electron chi connectivity index (χ0n) is 12.7. The van der Waals surface area contributed by atoms with Gasteiger partial charge in [0.2, 0.25) is 0 Å². The minimum absolute atomic E-state index is 0.0192. The Morgan fingerprint density at radius 3 is 2.38 bits per heavy atom. The summed E-state index contributed by atoms with van der Waals surface area (Å²) >= 11 is 3.02. The fourth-order valence-electron chi connectivity index (χ4n) is 2.07. The molecule has 0 saturated heterocycles. The van der Waals surface area contributed by atoms with E-state index in [0.717, 1.165) is 25.2 Å². The topological polar surface area (TPSA) is 55.8 Å². The molecule has 0 aromatic heterocycles. The third kappa shape index (κ3) is 3.38. The smallest absolute Gasteiger partial charge is 0.355 e. The van der Waals surface area contributed by atoms with Crippen LogP contribution in [0.25, 0.3) is 0 Å². The predicted molar refractivity (Wildman–Crippen MR) is 85.9 cm³/mol. The van der Waals surface area contributed by atoms with Crippen molar-refractivity contribution in [3.8, 4) is 0 Å².